The van der Waals surface area contributed by atoms with Crippen LogP contribution in [-0.2, 0) is 6.54 Å². The van der Waals surface area contributed by atoms with Crippen molar-refractivity contribution in [2.24, 2.45) is 5.92 Å². The summed E-state index contributed by atoms with van der Waals surface area (Å²) in [7, 11) is 0. The maximum absolute atomic E-state index is 4.74. The summed E-state index contributed by atoms with van der Waals surface area (Å²) in [5.74, 6) is 0.845. The Bertz CT molecular complexity index is 322. The van der Waals surface area contributed by atoms with Crippen LogP contribution in [0.25, 0.3) is 0 Å². The van der Waals surface area contributed by atoms with Gasteiger partial charge < -0.3 is 0 Å². The van der Waals surface area contributed by atoms with E-state index in [9.17, 15) is 0 Å². The van der Waals surface area contributed by atoms with Crippen molar-refractivity contribution in [2.75, 3.05) is 19.6 Å². The summed E-state index contributed by atoms with van der Waals surface area (Å²) in [4.78, 5) is 2.57. The van der Waals surface area contributed by atoms with Crippen molar-refractivity contribution in [1.29, 1.82) is 0 Å². The molecule has 1 aromatic carbocycles. The monoisotopic (exact) mass is 215 g/mol. The van der Waals surface area contributed by atoms with Gasteiger partial charge >= 0.3 is 0 Å². The van der Waals surface area contributed by atoms with Crippen LogP contribution in [0.5, 0.6) is 0 Å². The highest BCUT2D eigenvalue weighted by Gasteiger charge is 2.34. The van der Waals surface area contributed by atoms with Crippen molar-refractivity contribution in [3.05, 3.63) is 35.9 Å². The smallest absolute Gasteiger partial charge is 0.0413 e. The average molecular weight is 215 g/mol. The summed E-state index contributed by atoms with van der Waals surface area (Å²) < 4.78 is 0. The molecule has 2 heteroatoms. The van der Waals surface area contributed by atoms with E-state index in [1.165, 1.54) is 31.5 Å². The molecule has 0 aromatic heterocycles. The zero-order valence-corrected chi connectivity index (χ0v) is 9.68. The molecule has 0 bridgehead atoms. The molecule has 0 spiro atoms. The zero-order chi connectivity index (χ0) is 10.8. The van der Waals surface area contributed by atoms with Gasteiger partial charge in [-0.3, -0.25) is 4.90 Å². The molecular formula is C14H19N2. The van der Waals surface area contributed by atoms with E-state index in [1.54, 1.807) is 0 Å². The van der Waals surface area contributed by atoms with Gasteiger partial charge in [0.1, 0.15) is 0 Å². The molecule has 85 valence electrons. The third-order valence-electron chi connectivity index (χ3n) is 3.83. The molecule has 2 fully saturated rings. The number of likely N-dealkylation sites (tertiary alicyclic amines) is 1. The topological polar surface area (TPSA) is 17.3 Å². The molecule has 1 radical (unpaired) electrons. The summed E-state index contributed by atoms with van der Waals surface area (Å²) in [5, 5.41) is 4.74. The van der Waals surface area contributed by atoms with Crippen molar-refractivity contribution in [1.82, 2.24) is 10.2 Å². The summed E-state index contributed by atoms with van der Waals surface area (Å²) in [6.45, 7) is 4.63. The Morgan fingerprint density at radius 3 is 2.88 bits per heavy atom. The van der Waals surface area contributed by atoms with E-state index in [-0.39, 0.29) is 0 Å². The molecule has 1 aromatic rings. The van der Waals surface area contributed by atoms with Crippen LogP contribution in [0.3, 0.4) is 0 Å². The number of fused-ring (bicyclic) bond motifs is 1. The first-order chi connectivity index (χ1) is 7.92. The standard InChI is InChI=1S/C14H19N2/c1-2-5-12(6-3-1)9-16-10-13-7-4-8-15-14(13)11-16/h1-3,5-6,13-14H,4,7-11H2. The zero-order valence-electron chi connectivity index (χ0n) is 9.68. The van der Waals surface area contributed by atoms with Crippen molar-refractivity contribution in [2.45, 2.75) is 25.4 Å². The lowest BCUT2D eigenvalue weighted by Crippen LogP contribution is -2.35. The molecule has 2 aliphatic rings. The van der Waals surface area contributed by atoms with Gasteiger partial charge in [-0.1, -0.05) is 30.3 Å². The minimum atomic E-state index is 0.637. The Morgan fingerprint density at radius 2 is 2.06 bits per heavy atom. The number of piperidine rings is 1. The van der Waals surface area contributed by atoms with Gasteiger partial charge in [0, 0.05) is 32.2 Å². The Morgan fingerprint density at radius 1 is 1.19 bits per heavy atom. The molecule has 0 N–H and O–H groups in total. The van der Waals surface area contributed by atoms with Gasteiger partial charge in [0.15, 0.2) is 0 Å². The van der Waals surface area contributed by atoms with Crippen LogP contribution < -0.4 is 5.32 Å². The van der Waals surface area contributed by atoms with Gasteiger partial charge in [-0.05, 0) is 24.3 Å². The van der Waals surface area contributed by atoms with Crippen LogP contribution in [0.4, 0.5) is 0 Å². The van der Waals surface area contributed by atoms with E-state index in [1.807, 2.05) is 0 Å². The second-order valence-electron chi connectivity index (χ2n) is 5.06. The fourth-order valence-electron chi connectivity index (χ4n) is 3.01. The average Bonchev–Trinajstić information content (AvgIpc) is 2.72. The Labute approximate surface area is 97.6 Å². The first-order valence-electron chi connectivity index (χ1n) is 6.35. The molecule has 0 saturated carbocycles. The number of hydrogen-bond acceptors (Lipinski definition) is 1. The van der Waals surface area contributed by atoms with E-state index in [0.29, 0.717) is 6.04 Å². The molecule has 3 rings (SSSR count). The Kier molecular flexibility index (Phi) is 2.94. The minimum Gasteiger partial charge on any atom is -0.297 e. The highest BCUT2D eigenvalue weighted by Crippen LogP contribution is 2.26. The van der Waals surface area contributed by atoms with Crippen molar-refractivity contribution < 1.29 is 0 Å². The van der Waals surface area contributed by atoms with Gasteiger partial charge in [-0.15, -0.1) is 0 Å². The fraction of sp³-hybridized carbons (Fsp3) is 0.571. The lowest BCUT2D eigenvalue weighted by molar-refractivity contribution is 0.312. The second kappa shape index (κ2) is 4.56. The van der Waals surface area contributed by atoms with E-state index in [4.69, 9.17) is 5.32 Å². The van der Waals surface area contributed by atoms with Gasteiger partial charge in [-0.2, -0.15) is 0 Å². The van der Waals surface area contributed by atoms with Crippen LogP contribution in [0, 0.1) is 5.92 Å². The number of rotatable bonds is 2. The predicted molar refractivity (Wildman–Crippen MR) is 65.2 cm³/mol. The fourth-order valence-corrected chi connectivity index (χ4v) is 3.01. The minimum absolute atomic E-state index is 0.637. The normalized spacial score (nSPS) is 30.2. The molecule has 0 amide bonds. The Balaban J connectivity index is 1.61. The second-order valence-corrected chi connectivity index (χ2v) is 5.06. The molecule has 2 unspecified atom stereocenters. The van der Waals surface area contributed by atoms with Crippen LogP contribution in [0.15, 0.2) is 30.3 Å². The number of hydrogen-bond donors (Lipinski definition) is 0. The molecule has 2 heterocycles. The van der Waals surface area contributed by atoms with Crippen LogP contribution in [0.1, 0.15) is 18.4 Å². The molecule has 2 nitrogen and oxygen atoms in total. The van der Waals surface area contributed by atoms with Crippen LogP contribution in [0.2, 0.25) is 0 Å². The lowest BCUT2D eigenvalue weighted by atomic mass is 9.94. The maximum Gasteiger partial charge on any atom is 0.0413 e. The van der Waals surface area contributed by atoms with Gasteiger partial charge in [-0.25, -0.2) is 5.32 Å². The van der Waals surface area contributed by atoms with Crippen molar-refractivity contribution in [3.63, 3.8) is 0 Å². The van der Waals surface area contributed by atoms with Gasteiger partial charge in [0.2, 0.25) is 0 Å². The molecular weight excluding hydrogens is 196 g/mol. The third kappa shape index (κ3) is 2.13. The summed E-state index contributed by atoms with van der Waals surface area (Å²) in [6.07, 6.45) is 2.69. The van der Waals surface area contributed by atoms with E-state index < -0.39 is 0 Å². The van der Waals surface area contributed by atoms with Crippen molar-refractivity contribution in [3.8, 4) is 0 Å². The largest absolute Gasteiger partial charge is 0.297 e. The number of nitrogens with zero attached hydrogens (tertiary/aromatic N) is 2. The quantitative estimate of drug-likeness (QED) is 0.736. The summed E-state index contributed by atoms with van der Waals surface area (Å²) in [6, 6.07) is 11.4. The lowest BCUT2D eigenvalue weighted by Gasteiger charge is -2.23. The van der Waals surface area contributed by atoms with E-state index >= 15 is 0 Å². The molecule has 2 saturated heterocycles. The maximum atomic E-state index is 4.74. The van der Waals surface area contributed by atoms with E-state index in [2.05, 4.69) is 35.2 Å². The predicted octanol–water partition coefficient (Wildman–Crippen LogP) is 1.89. The molecule has 2 aliphatic heterocycles. The summed E-state index contributed by atoms with van der Waals surface area (Å²) in [5.41, 5.74) is 1.43. The van der Waals surface area contributed by atoms with Gasteiger partial charge in [0.05, 0.1) is 0 Å². The summed E-state index contributed by atoms with van der Waals surface area (Å²) >= 11 is 0. The molecule has 2 atom stereocenters. The van der Waals surface area contributed by atoms with Crippen LogP contribution >= 0.6 is 0 Å². The number of benzene rings is 1. The first kappa shape index (κ1) is 10.3. The first-order valence-corrected chi connectivity index (χ1v) is 6.35. The Hall–Kier alpha value is -0.860. The SMILES string of the molecule is c1ccc(CN2CC3CCC[N]C3C2)cc1. The molecule has 16 heavy (non-hydrogen) atoms. The third-order valence-corrected chi connectivity index (χ3v) is 3.83. The van der Waals surface area contributed by atoms with E-state index in [0.717, 1.165) is 19.0 Å². The van der Waals surface area contributed by atoms with Crippen LogP contribution in [-0.4, -0.2) is 30.6 Å². The molecule has 0 aliphatic carbocycles. The highest BCUT2D eigenvalue weighted by atomic mass is 15.2. The van der Waals surface area contributed by atoms with Gasteiger partial charge in [0.25, 0.3) is 0 Å². The highest BCUT2D eigenvalue weighted by molar-refractivity contribution is 5.14. The van der Waals surface area contributed by atoms with Crippen molar-refractivity contribution >= 4 is 0 Å².